The van der Waals surface area contributed by atoms with E-state index in [9.17, 15) is 10.1 Å². The van der Waals surface area contributed by atoms with Gasteiger partial charge in [-0.05, 0) is 31.0 Å². The van der Waals surface area contributed by atoms with Crippen molar-refractivity contribution in [1.82, 2.24) is 9.97 Å². The molecule has 0 spiro atoms. The lowest BCUT2D eigenvalue weighted by Crippen LogP contribution is -2.09. The zero-order chi connectivity index (χ0) is 16.1. The minimum absolute atomic E-state index is 0.129. The fourth-order valence-electron chi connectivity index (χ4n) is 1.87. The van der Waals surface area contributed by atoms with E-state index in [1.807, 2.05) is 19.9 Å². The van der Waals surface area contributed by atoms with Crippen LogP contribution >= 0.6 is 11.6 Å². The highest BCUT2D eigenvalue weighted by atomic mass is 35.5. The minimum Gasteiger partial charge on any atom is -0.364 e. The molecule has 8 heteroatoms. The van der Waals surface area contributed by atoms with Crippen LogP contribution in [-0.4, -0.2) is 21.4 Å². The number of nitrogens with one attached hydrogen (secondary N) is 2. The molecule has 0 atom stereocenters. The smallest absolute Gasteiger partial charge is 0.353 e. The van der Waals surface area contributed by atoms with E-state index in [0.29, 0.717) is 17.3 Å². The summed E-state index contributed by atoms with van der Waals surface area (Å²) in [6.07, 6.45) is 2.12. The van der Waals surface area contributed by atoms with Crippen molar-refractivity contribution in [2.75, 3.05) is 17.2 Å². The van der Waals surface area contributed by atoms with Gasteiger partial charge in [-0.3, -0.25) is 10.1 Å². The number of halogens is 1. The van der Waals surface area contributed by atoms with Crippen LogP contribution in [0.25, 0.3) is 0 Å². The predicted molar refractivity (Wildman–Crippen MR) is 86.9 cm³/mol. The van der Waals surface area contributed by atoms with Gasteiger partial charge in [0.15, 0.2) is 0 Å². The van der Waals surface area contributed by atoms with Crippen molar-refractivity contribution < 1.29 is 4.92 Å². The maximum Gasteiger partial charge on any atom is 0.353 e. The Kier molecular flexibility index (Phi) is 5.11. The summed E-state index contributed by atoms with van der Waals surface area (Å²) in [6.45, 7) is 4.43. The maximum absolute atomic E-state index is 11.4. The standard InChI is InChI=1S/C14H16ClN5O2/c1-3-6-16-13-12(20(21)22)14(18-8-17-13)19-11-7-10(15)5-4-9(11)2/h4-5,7-8H,3,6H2,1-2H3,(H2,16,17,18,19). The van der Waals surface area contributed by atoms with Crippen molar-refractivity contribution in [2.45, 2.75) is 20.3 Å². The number of nitrogens with zero attached hydrogens (tertiary/aromatic N) is 3. The Hall–Kier alpha value is -2.41. The molecule has 0 aliphatic heterocycles. The maximum atomic E-state index is 11.4. The Morgan fingerprint density at radius 1 is 1.32 bits per heavy atom. The Morgan fingerprint density at radius 2 is 2.05 bits per heavy atom. The summed E-state index contributed by atoms with van der Waals surface area (Å²) in [4.78, 5) is 18.8. The fourth-order valence-corrected chi connectivity index (χ4v) is 2.04. The van der Waals surface area contributed by atoms with Crippen LogP contribution in [0.4, 0.5) is 23.0 Å². The van der Waals surface area contributed by atoms with Crippen LogP contribution in [-0.2, 0) is 0 Å². The summed E-state index contributed by atoms with van der Waals surface area (Å²) in [7, 11) is 0. The molecule has 116 valence electrons. The number of hydrogen-bond acceptors (Lipinski definition) is 6. The second-order valence-corrected chi connectivity index (χ2v) is 5.12. The van der Waals surface area contributed by atoms with Gasteiger partial charge in [0.05, 0.1) is 4.92 Å². The molecule has 2 N–H and O–H groups in total. The molecule has 7 nitrogen and oxygen atoms in total. The Morgan fingerprint density at radius 3 is 2.73 bits per heavy atom. The highest BCUT2D eigenvalue weighted by Gasteiger charge is 2.23. The van der Waals surface area contributed by atoms with Crippen molar-refractivity contribution in [3.05, 3.63) is 45.2 Å². The van der Waals surface area contributed by atoms with Gasteiger partial charge >= 0.3 is 5.69 Å². The van der Waals surface area contributed by atoms with Crippen LogP contribution in [0.1, 0.15) is 18.9 Å². The third-order valence-electron chi connectivity index (χ3n) is 3.00. The molecule has 1 aromatic carbocycles. The van der Waals surface area contributed by atoms with Gasteiger partial charge in [0.1, 0.15) is 6.33 Å². The summed E-state index contributed by atoms with van der Waals surface area (Å²) in [5.74, 6) is 0.327. The van der Waals surface area contributed by atoms with Crippen molar-refractivity contribution in [3.8, 4) is 0 Å². The molecule has 0 aliphatic carbocycles. The quantitative estimate of drug-likeness (QED) is 0.619. The molecule has 0 fully saturated rings. The zero-order valence-electron chi connectivity index (χ0n) is 12.3. The second kappa shape index (κ2) is 7.04. The van der Waals surface area contributed by atoms with Crippen LogP contribution in [0.15, 0.2) is 24.5 Å². The van der Waals surface area contributed by atoms with Gasteiger partial charge in [-0.15, -0.1) is 0 Å². The largest absolute Gasteiger partial charge is 0.364 e. The van der Waals surface area contributed by atoms with E-state index in [0.717, 1.165) is 12.0 Å². The molecule has 0 unspecified atom stereocenters. The van der Waals surface area contributed by atoms with Gasteiger partial charge in [0, 0.05) is 17.3 Å². The molecule has 2 rings (SSSR count). The first-order chi connectivity index (χ1) is 10.5. The van der Waals surface area contributed by atoms with Gasteiger partial charge in [-0.2, -0.15) is 0 Å². The van der Waals surface area contributed by atoms with Gasteiger partial charge in [-0.1, -0.05) is 24.6 Å². The average molecular weight is 322 g/mol. The summed E-state index contributed by atoms with van der Waals surface area (Å²) in [5.41, 5.74) is 1.38. The van der Waals surface area contributed by atoms with Crippen LogP contribution in [0, 0.1) is 17.0 Å². The average Bonchev–Trinajstić information content (AvgIpc) is 2.48. The Labute approximate surface area is 132 Å². The second-order valence-electron chi connectivity index (χ2n) is 4.69. The molecule has 0 amide bonds. The van der Waals surface area contributed by atoms with Crippen molar-refractivity contribution in [1.29, 1.82) is 0 Å². The van der Waals surface area contributed by atoms with E-state index in [1.165, 1.54) is 6.33 Å². The Bertz CT molecular complexity index is 693. The highest BCUT2D eigenvalue weighted by Crippen LogP contribution is 2.32. The first-order valence-corrected chi connectivity index (χ1v) is 7.17. The number of benzene rings is 1. The normalized spacial score (nSPS) is 10.3. The van der Waals surface area contributed by atoms with E-state index < -0.39 is 4.92 Å². The zero-order valence-corrected chi connectivity index (χ0v) is 13.0. The molecule has 1 aromatic heterocycles. The highest BCUT2D eigenvalue weighted by molar-refractivity contribution is 6.30. The Balaban J connectivity index is 2.41. The number of hydrogen-bond donors (Lipinski definition) is 2. The van der Waals surface area contributed by atoms with Gasteiger partial charge in [-0.25, -0.2) is 9.97 Å². The molecule has 1 heterocycles. The van der Waals surface area contributed by atoms with E-state index in [2.05, 4.69) is 20.6 Å². The van der Waals surface area contributed by atoms with Crippen molar-refractivity contribution in [2.24, 2.45) is 0 Å². The number of aromatic nitrogens is 2. The van der Waals surface area contributed by atoms with Crippen molar-refractivity contribution in [3.63, 3.8) is 0 Å². The molecule has 0 bridgehead atoms. The van der Waals surface area contributed by atoms with E-state index >= 15 is 0 Å². The molecular weight excluding hydrogens is 306 g/mol. The van der Waals surface area contributed by atoms with Crippen LogP contribution < -0.4 is 10.6 Å². The van der Waals surface area contributed by atoms with Crippen LogP contribution in [0.5, 0.6) is 0 Å². The molecule has 0 saturated carbocycles. The van der Waals surface area contributed by atoms with E-state index in [-0.39, 0.29) is 17.3 Å². The minimum atomic E-state index is -0.500. The topological polar surface area (TPSA) is 93.0 Å². The van der Waals surface area contributed by atoms with Gasteiger partial charge in [0.2, 0.25) is 11.6 Å². The molecule has 0 aliphatic rings. The number of rotatable bonds is 6. The van der Waals surface area contributed by atoms with Crippen LogP contribution in [0.3, 0.4) is 0 Å². The predicted octanol–water partition coefficient (Wildman–Crippen LogP) is 3.91. The molecule has 22 heavy (non-hydrogen) atoms. The lowest BCUT2D eigenvalue weighted by Gasteiger charge is -2.11. The van der Waals surface area contributed by atoms with Gasteiger partial charge < -0.3 is 10.6 Å². The van der Waals surface area contributed by atoms with Crippen molar-refractivity contribution >= 4 is 34.6 Å². The number of anilines is 3. The van der Waals surface area contributed by atoms with E-state index in [1.54, 1.807) is 12.1 Å². The first-order valence-electron chi connectivity index (χ1n) is 6.79. The summed E-state index contributed by atoms with van der Waals surface area (Å²) >= 11 is 5.97. The number of nitro groups is 1. The summed E-state index contributed by atoms with van der Waals surface area (Å²) in [5, 5.41) is 17.8. The van der Waals surface area contributed by atoms with E-state index in [4.69, 9.17) is 11.6 Å². The summed E-state index contributed by atoms with van der Waals surface area (Å²) in [6, 6.07) is 5.28. The molecule has 0 saturated heterocycles. The third kappa shape index (κ3) is 3.62. The lowest BCUT2D eigenvalue weighted by molar-refractivity contribution is -0.383. The molecule has 2 aromatic rings. The SMILES string of the molecule is CCCNc1ncnc(Nc2cc(Cl)ccc2C)c1[N+](=O)[O-]. The first kappa shape index (κ1) is 16.0. The molecular formula is C14H16ClN5O2. The van der Waals surface area contributed by atoms with Crippen LogP contribution in [0.2, 0.25) is 5.02 Å². The third-order valence-corrected chi connectivity index (χ3v) is 3.24. The number of aryl methyl sites for hydroxylation is 1. The fraction of sp³-hybridized carbons (Fsp3) is 0.286. The lowest BCUT2D eigenvalue weighted by atomic mass is 10.2. The van der Waals surface area contributed by atoms with Gasteiger partial charge in [0.25, 0.3) is 0 Å². The monoisotopic (exact) mass is 321 g/mol. The summed E-state index contributed by atoms with van der Waals surface area (Å²) < 4.78 is 0. The molecule has 0 radical (unpaired) electrons.